The van der Waals surface area contributed by atoms with Crippen LogP contribution < -0.4 is 4.90 Å². The van der Waals surface area contributed by atoms with E-state index in [0.717, 1.165) is 16.5 Å². The van der Waals surface area contributed by atoms with Crippen molar-refractivity contribution < 1.29 is 29.1 Å². The number of phenolic OH excluding ortho intramolecular Hbond substituents is 1. The number of rotatable bonds is 3. The average molecular weight is 558 g/mol. The van der Waals surface area contributed by atoms with Gasteiger partial charge in [0.05, 0.1) is 17.5 Å². The SMILES string of the molecule is CC(=O)c1ccc(N2C(=O)[C@H]3[C@H](CC=C4[C@H](c5ccc(O)c6ccccc56)C5=C(C[C@H]43)C(=O)C=C(C)C5=O)C2=O)cc1. The molecule has 7 rings (SSSR count). The van der Waals surface area contributed by atoms with Crippen molar-refractivity contribution >= 4 is 45.6 Å². The lowest BCUT2D eigenvalue weighted by Gasteiger charge is -2.42. The van der Waals surface area contributed by atoms with E-state index in [0.29, 0.717) is 39.8 Å². The predicted molar refractivity (Wildman–Crippen MR) is 156 cm³/mol. The molecule has 3 aromatic rings. The Morgan fingerprint density at radius 1 is 0.881 bits per heavy atom. The highest BCUT2D eigenvalue weighted by Crippen LogP contribution is 2.56. The van der Waals surface area contributed by atoms with Gasteiger partial charge in [-0.25, -0.2) is 0 Å². The van der Waals surface area contributed by atoms with E-state index >= 15 is 0 Å². The Bertz CT molecular complexity index is 1870. The molecule has 7 heteroatoms. The van der Waals surface area contributed by atoms with Crippen molar-refractivity contribution in [2.45, 2.75) is 32.6 Å². The van der Waals surface area contributed by atoms with Crippen molar-refractivity contribution in [3.63, 3.8) is 0 Å². The number of benzene rings is 3. The van der Waals surface area contributed by atoms with Crippen LogP contribution in [0.25, 0.3) is 10.8 Å². The third-order valence-corrected chi connectivity index (χ3v) is 9.34. The first-order chi connectivity index (χ1) is 20.2. The number of fused-ring (bicyclic) bond motifs is 4. The van der Waals surface area contributed by atoms with Gasteiger partial charge < -0.3 is 5.11 Å². The number of aromatic hydroxyl groups is 1. The molecule has 1 fully saturated rings. The lowest BCUT2D eigenvalue weighted by atomic mass is 9.59. The highest BCUT2D eigenvalue weighted by atomic mass is 16.3. The monoisotopic (exact) mass is 557 g/mol. The number of allylic oxidation sites excluding steroid dienone is 6. The first kappa shape index (κ1) is 26.0. The summed E-state index contributed by atoms with van der Waals surface area (Å²) in [6, 6.07) is 17.2. The van der Waals surface area contributed by atoms with Crippen LogP contribution in [0.5, 0.6) is 5.75 Å². The maximum Gasteiger partial charge on any atom is 0.238 e. The molecule has 208 valence electrons. The molecule has 3 aliphatic carbocycles. The number of carbonyl (C=O) groups excluding carboxylic acids is 5. The zero-order valence-electron chi connectivity index (χ0n) is 23.1. The number of hydrogen-bond donors (Lipinski definition) is 1. The van der Waals surface area contributed by atoms with Crippen LogP contribution in [0.1, 0.15) is 48.5 Å². The summed E-state index contributed by atoms with van der Waals surface area (Å²) >= 11 is 0. The second kappa shape index (κ2) is 9.31. The van der Waals surface area contributed by atoms with Crippen molar-refractivity contribution in [2.24, 2.45) is 17.8 Å². The van der Waals surface area contributed by atoms with E-state index in [2.05, 4.69) is 0 Å². The fraction of sp³-hybridized carbons (Fsp3) is 0.229. The molecule has 0 unspecified atom stereocenters. The van der Waals surface area contributed by atoms with Crippen LogP contribution in [0, 0.1) is 17.8 Å². The van der Waals surface area contributed by atoms with Crippen molar-refractivity contribution in [1.82, 2.24) is 0 Å². The zero-order valence-corrected chi connectivity index (χ0v) is 23.1. The van der Waals surface area contributed by atoms with Crippen molar-refractivity contribution in [1.29, 1.82) is 0 Å². The average Bonchev–Trinajstić information content (AvgIpc) is 3.25. The second-order valence-corrected chi connectivity index (χ2v) is 11.6. The summed E-state index contributed by atoms with van der Waals surface area (Å²) < 4.78 is 0. The number of carbonyl (C=O) groups is 5. The fourth-order valence-electron chi connectivity index (χ4n) is 7.37. The van der Waals surface area contributed by atoms with Gasteiger partial charge in [-0.05, 0) is 80.0 Å². The van der Waals surface area contributed by atoms with E-state index in [1.54, 1.807) is 43.3 Å². The van der Waals surface area contributed by atoms with Gasteiger partial charge in [-0.15, -0.1) is 0 Å². The van der Waals surface area contributed by atoms with E-state index in [1.807, 2.05) is 30.3 Å². The highest BCUT2D eigenvalue weighted by Gasteiger charge is 2.56. The van der Waals surface area contributed by atoms with E-state index in [-0.39, 0.29) is 41.3 Å². The van der Waals surface area contributed by atoms with Crippen LogP contribution >= 0.6 is 0 Å². The molecule has 0 spiro atoms. The lowest BCUT2D eigenvalue weighted by molar-refractivity contribution is -0.123. The number of Topliss-reactive ketones (excluding diaryl/α,β-unsaturated/α-hetero) is 2. The first-order valence-corrected chi connectivity index (χ1v) is 14.1. The maximum absolute atomic E-state index is 14.1. The third-order valence-electron chi connectivity index (χ3n) is 9.34. The smallest absolute Gasteiger partial charge is 0.238 e. The summed E-state index contributed by atoms with van der Waals surface area (Å²) in [5, 5.41) is 12.0. The number of anilines is 1. The number of amides is 2. The molecule has 42 heavy (non-hydrogen) atoms. The molecule has 4 aliphatic rings. The standard InChI is InChI=1S/C35H27NO6/c1-17-15-29(39)27-16-26-24(30(32(27)33(17)40)23-13-14-28(38)22-6-4-3-5-21(22)23)11-12-25-31(26)35(42)36(34(25)41)20-9-7-19(8-10-20)18(2)37/h3-11,13-15,25-26,30-31,38H,12,16H2,1-2H3/t25-,26+,30-,31-/m0/s1. The minimum atomic E-state index is -0.695. The number of ketones is 3. The van der Waals surface area contributed by atoms with Crippen LogP contribution in [0.15, 0.2) is 95.1 Å². The molecule has 1 N–H and O–H groups in total. The van der Waals surface area contributed by atoms with Crippen molar-refractivity contribution in [3.05, 3.63) is 106 Å². The summed E-state index contributed by atoms with van der Waals surface area (Å²) in [6.45, 7) is 3.10. The fourth-order valence-corrected chi connectivity index (χ4v) is 7.37. The van der Waals surface area contributed by atoms with Gasteiger partial charge in [0.1, 0.15) is 5.75 Å². The molecule has 4 atom stereocenters. The van der Waals surface area contributed by atoms with E-state index < -0.39 is 23.7 Å². The zero-order chi connectivity index (χ0) is 29.4. The Balaban J connectivity index is 1.38. The largest absolute Gasteiger partial charge is 0.507 e. The summed E-state index contributed by atoms with van der Waals surface area (Å²) in [6.07, 6.45) is 3.88. The minimum Gasteiger partial charge on any atom is -0.507 e. The van der Waals surface area contributed by atoms with Gasteiger partial charge in [0, 0.05) is 33.6 Å². The molecule has 0 aromatic heterocycles. The number of phenols is 1. The number of hydrogen-bond acceptors (Lipinski definition) is 6. The van der Waals surface area contributed by atoms with Crippen LogP contribution in [-0.4, -0.2) is 34.3 Å². The Morgan fingerprint density at radius 3 is 2.31 bits per heavy atom. The van der Waals surface area contributed by atoms with E-state index in [9.17, 15) is 29.1 Å². The summed E-state index contributed by atoms with van der Waals surface area (Å²) in [5.74, 6) is -3.43. The molecule has 2 amide bonds. The van der Waals surface area contributed by atoms with Gasteiger partial charge in [-0.3, -0.25) is 28.9 Å². The topological polar surface area (TPSA) is 109 Å². The molecule has 1 aliphatic heterocycles. The molecule has 7 nitrogen and oxygen atoms in total. The summed E-state index contributed by atoms with van der Waals surface area (Å²) in [7, 11) is 0. The maximum atomic E-state index is 14.1. The van der Waals surface area contributed by atoms with Crippen LogP contribution in [0.2, 0.25) is 0 Å². The van der Waals surface area contributed by atoms with Crippen molar-refractivity contribution in [3.8, 4) is 5.75 Å². The molecular formula is C35H27NO6. The summed E-state index contributed by atoms with van der Waals surface area (Å²) in [4.78, 5) is 67.9. The van der Waals surface area contributed by atoms with E-state index in [4.69, 9.17) is 0 Å². The number of nitrogens with zero attached hydrogens (tertiary/aromatic N) is 1. The molecule has 1 heterocycles. The van der Waals surface area contributed by atoms with Crippen LogP contribution in [0.4, 0.5) is 5.69 Å². The van der Waals surface area contributed by atoms with Gasteiger partial charge >= 0.3 is 0 Å². The number of imide groups is 1. The van der Waals surface area contributed by atoms with Gasteiger partial charge in [0.15, 0.2) is 17.3 Å². The Kier molecular flexibility index (Phi) is 5.77. The van der Waals surface area contributed by atoms with Crippen molar-refractivity contribution in [2.75, 3.05) is 4.90 Å². The normalized spacial score (nSPS) is 25.2. The molecule has 0 bridgehead atoms. The van der Waals surface area contributed by atoms with Crippen LogP contribution in [-0.2, 0) is 19.2 Å². The molecule has 0 radical (unpaired) electrons. The second-order valence-electron chi connectivity index (χ2n) is 11.6. The van der Waals surface area contributed by atoms with E-state index in [1.165, 1.54) is 17.9 Å². The molecule has 0 saturated carbocycles. The predicted octanol–water partition coefficient (Wildman–Crippen LogP) is 5.38. The highest BCUT2D eigenvalue weighted by molar-refractivity contribution is 6.25. The van der Waals surface area contributed by atoms with Gasteiger partial charge in [-0.2, -0.15) is 0 Å². The van der Waals surface area contributed by atoms with Crippen LogP contribution in [0.3, 0.4) is 0 Å². The molecule has 1 saturated heterocycles. The van der Waals surface area contributed by atoms with Gasteiger partial charge in [0.2, 0.25) is 11.8 Å². The Labute approximate surface area is 241 Å². The Hall–Kier alpha value is -4.91. The molecular weight excluding hydrogens is 530 g/mol. The summed E-state index contributed by atoms with van der Waals surface area (Å²) in [5.41, 5.74) is 3.70. The Morgan fingerprint density at radius 2 is 1.60 bits per heavy atom. The van der Waals surface area contributed by atoms with Gasteiger partial charge in [-0.1, -0.05) is 42.0 Å². The quantitative estimate of drug-likeness (QED) is 0.200. The minimum absolute atomic E-state index is 0.110. The van der Waals surface area contributed by atoms with Gasteiger partial charge in [0.25, 0.3) is 0 Å². The lowest BCUT2D eigenvalue weighted by Crippen LogP contribution is -2.39. The molecule has 3 aromatic carbocycles. The third kappa shape index (κ3) is 3.62. The first-order valence-electron chi connectivity index (χ1n) is 14.1.